The molecule has 3 aliphatic rings. The van der Waals surface area contributed by atoms with Crippen LogP contribution in [0.1, 0.15) is 118 Å². The molecule has 2 fully saturated rings. The molecule has 4 rings (SSSR count). The molecule has 1 aromatic rings. The smallest absolute Gasteiger partial charge is 0.338 e. The number of unbranched alkanes of at least 4 members (excludes halogenated alkanes) is 3. The molecule has 0 aromatic heterocycles. The monoisotopic (exact) mass is 458 g/mol. The fourth-order valence-electron chi connectivity index (χ4n) is 6.44. The molecule has 0 bridgehead atoms. The maximum absolute atomic E-state index is 12.9. The van der Waals surface area contributed by atoms with E-state index in [1.807, 2.05) is 0 Å². The minimum Gasteiger partial charge on any atom is -0.458 e. The Kier molecular flexibility index (Phi) is 8.60. The van der Waals surface area contributed by atoms with E-state index in [2.05, 4.69) is 25.1 Å². The van der Waals surface area contributed by atoms with Crippen LogP contribution in [0.2, 0.25) is 0 Å². The van der Waals surface area contributed by atoms with E-state index in [1.54, 1.807) is 0 Å². The average molecular weight is 459 g/mol. The topological polar surface area (TPSA) is 26.3 Å². The van der Waals surface area contributed by atoms with Crippen LogP contribution in [0.15, 0.2) is 30.4 Å². The predicted octanol–water partition coefficient (Wildman–Crippen LogP) is 8.60. The van der Waals surface area contributed by atoms with Gasteiger partial charge in [0, 0.05) is 6.42 Å². The number of esters is 1. The largest absolute Gasteiger partial charge is 0.458 e. The number of fused-ring (bicyclic) bond motifs is 1. The first-order valence-electron chi connectivity index (χ1n) is 13.4. The van der Waals surface area contributed by atoms with E-state index in [4.69, 9.17) is 4.74 Å². The zero-order valence-electron chi connectivity index (χ0n) is 20.2. The van der Waals surface area contributed by atoms with Gasteiger partial charge in [0.15, 0.2) is 0 Å². The summed E-state index contributed by atoms with van der Waals surface area (Å²) in [7, 11) is 0. The van der Waals surface area contributed by atoms with Crippen LogP contribution in [0.4, 0.5) is 8.78 Å². The quantitative estimate of drug-likeness (QED) is 0.288. The Morgan fingerprint density at radius 2 is 1.76 bits per heavy atom. The van der Waals surface area contributed by atoms with Crippen molar-refractivity contribution in [2.75, 3.05) is 0 Å². The number of hydrogen-bond acceptors (Lipinski definition) is 2. The van der Waals surface area contributed by atoms with Gasteiger partial charge >= 0.3 is 5.97 Å². The summed E-state index contributed by atoms with van der Waals surface area (Å²) in [4.78, 5) is 12.9. The van der Waals surface area contributed by atoms with Crippen molar-refractivity contribution in [1.82, 2.24) is 0 Å². The van der Waals surface area contributed by atoms with Crippen molar-refractivity contribution < 1.29 is 18.3 Å². The number of benzene rings is 1. The molecule has 0 N–H and O–H groups in total. The summed E-state index contributed by atoms with van der Waals surface area (Å²) in [5, 5.41) is 0. The highest BCUT2D eigenvalue weighted by Crippen LogP contribution is 2.40. The van der Waals surface area contributed by atoms with E-state index in [0.717, 1.165) is 55.2 Å². The standard InChI is InChI=1S/C29H40F2O2/c1-2-3-4-5-6-20-7-11-22(12-8-20)24-15-16-25-19-27(33-29(32)26(25)18-24)23-13-9-21(10-14-23)17-28(30)31/h15-18,20-23,27H,2-14,19H2,1H3. The Balaban J connectivity index is 1.30. The molecule has 0 spiro atoms. The first-order valence-corrected chi connectivity index (χ1v) is 13.4. The van der Waals surface area contributed by atoms with E-state index in [-0.39, 0.29) is 23.9 Å². The molecule has 1 aliphatic heterocycles. The van der Waals surface area contributed by atoms with Gasteiger partial charge in [0.2, 0.25) is 0 Å². The summed E-state index contributed by atoms with van der Waals surface area (Å²) in [5.74, 6) is 1.50. The van der Waals surface area contributed by atoms with Crippen molar-refractivity contribution in [2.24, 2.45) is 17.8 Å². The van der Waals surface area contributed by atoms with Crippen LogP contribution in [0, 0.1) is 17.8 Å². The average Bonchev–Trinajstić information content (AvgIpc) is 2.82. The van der Waals surface area contributed by atoms with Crippen LogP contribution in [0.5, 0.6) is 0 Å². The minimum atomic E-state index is -1.58. The molecular formula is C29H40F2O2. The number of halogens is 2. The molecule has 0 radical (unpaired) electrons. The van der Waals surface area contributed by atoms with Crippen molar-refractivity contribution in [2.45, 2.75) is 109 Å². The highest BCUT2D eigenvalue weighted by atomic mass is 19.3. The van der Waals surface area contributed by atoms with Crippen LogP contribution in [-0.2, 0) is 11.2 Å². The summed E-state index contributed by atoms with van der Waals surface area (Å²) in [6.45, 7) is 2.27. The van der Waals surface area contributed by atoms with Crippen molar-refractivity contribution in [3.05, 3.63) is 47.0 Å². The second-order valence-corrected chi connectivity index (χ2v) is 10.8. The van der Waals surface area contributed by atoms with Crippen LogP contribution >= 0.6 is 0 Å². The molecule has 2 aliphatic carbocycles. The van der Waals surface area contributed by atoms with Gasteiger partial charge < -0.3 is 4.74 Å². The third kappa shape index (κ3) is 6.45. The fraction of sp³-hybridized carbons (Fsp3) is 0.690. The molecule has 182 valence electrons. The number of cyclic esters (lactones) is 1. The van der Waals surface area contributed by atoms with Gasteiger partial charge in [-0.05, 0) is 98.3 Å². The lowest BCUT2D eigenvalue weighted by Gasteiger charge is -2.35. The van der Waals surface area contributed by atoms with Crippen LogP contribution in [-0.4, -0.2) is 12.1 Å². The van der Waals surface area contributed by atoms with Gasteiger partial charge in [-0.25, -0.2) is 4.79 Å². The van der Waals surface area contributed by atoms with Crippen LogP contribution in [0.25, 0.3) is 0 Å². The lowest BCUT2D eigenvalue weighted by molar-refractivity contribution is 0.00106. The lowest BCUT2D eigenvalue weighted by atomic mass is 9.75. The second kappa shape index (κ2) is 11.6. The Bertz CT molecular complexity index is 813. The van der Waals surface area contributed by atoms with Gasteiger partial charge in [-0.15, -0.1) is 0 Å². The minimum absolute atomic E-state index is 0.0354. The van der Waals surface area contributed by atoms with Crippen molar-refractivity contribution >= 4 is 5.97 Å². The second-order valence-electron chi connectivity index (χ2n) is 10.8. The summed E-state index contributed by atoms with van der Waals surface area (Å²) in [6.07, 6.45) is 15.2. The lowest BCUT2D eigenvalue weighted by Crippen LogP contribution is -2.36. The molecular weight excluding hydrogens is 418 g/mol. The Hall–Kier alpha value is -1.71. The molecule has 0 saturated heterocycles. The third-order valence-electron chi connectivity index (χ3n) is 8.52. The predicted molar refractivity (Wildman–Crippen MR) is 129 cm³/mol. The van der Waals surface area contributed by atoms with Crippen molar-refractivity contribution in [3.8, 4) is 0 Å². The third-order valence-corrected chi connectivity index (χ3v) is 8.52. The van der Waals surface area contributed by atoms with Crippen molar-refractivity contribution in [3.63, 3.8) is 0 Å². The van der Waals surface area contributed by atoms with Gasteiger partial charge in [0.1, 0.15) is 6.10 Å². The first kappa shape index (κ1) is 24.4. The Morgan fingerprint density at radius 1 is 1.00 bits per heavy atom. The zero-order chi connectivity index (χ0) is 23.2. The highest BCUT2D eigenvalue weighted by molar-refractivity contribution is 5.92. The number of carbonyl (C=O) groups excluding carboxylic acids is 1. The van der Waals surface area contributed by atoms with E-state index in [1.165, 1.54) is 63.4 Å². The van der Waals surface area contributed by atoms with Crippen LogP contribution in [0.3, 0.4) is 0 Å². The SMILES string of the molecule is CCCCCCC1CCC(c2ccc3c(c2)C(=O)OC(C2CCC(C=C(F)F)CC2)C3)CC1. The molecule has 0 amide bonds. The van der Waals surface area contributed by atoms with E-state index < -0.39 is 6.08 Å². The van der Waals surface area contributed by atoms with E-state index >= 15 is 0 Å². The zero-order valence-corrected chi connectivity index (χ0v) is 20.2. The molecule has 1 aromatic carbocycles. The molecule has 4 heteroatoms. The molecule has 33 heavy (non-hydrogen) atoms. The number of rotatable bonds is 8. The normalized spacial score (nSPS) is 29.8. The number of carbonyl (C=O) groups is 1. The maximum Gasteiger partial charge on any atom is 0.338 e. The van der Waals surface area contributed by atoms with Gasteiger partial charge in [-0.1, -0.05) is 51.2 Å². The molecule has 2 nitrogen and oxygen atoms in total. The van der Waals surface area contributed by atoms with E-state index in [9.17, 15) is 13.6 Å². The molecule has 1 atom stereocenters. The van der Waals surface area contributed by atoms with Gasteiger partial charge in [0.05, 0.1) is 5.56 Å². The van der Waals surface area contributed by atoms with Crippen molar-refractivity contribution in [1.29, 1.82) is 0 Å². The number of allylic oxidation sites excluding steroid dienone is 1. The highest BCUT2D eigenvalue weighted by Gasteiger charge is 2.35. The fourth-order valence-corrected chi connectivity index (χ4v) is 6.44. The van der Waals surface area contributed by atoms with Gasteiger partial charge in [-0.3, -0.25) is 0 Å². The Morgan fingerprint density at radius 3 is 2.45 bits per heavy atom. The van der Waals surface area contributed by atoms with E-state index in [0.29, 0.717) is 5.92 Å². The Labute approximate surface area is 198 Å². The molecule has 2 saturated carbocycles. The molecule has 1 heterocycles. The maximum atomic E-state index is 12.9. The summed E-state index contributed by atoms with van der Waals surface area (Å²) < 4.78 is 31.0. The first-order chi connectivity index (χ1) is 16.0. The summed E-state index contributed by atoms with van der Waals surface area (Å²) in [5.41, 5.74) is 3.15. The number of hydrogen-bond donors (Lipinski definition) is 0. The van der Waals surface area contributed by atoms with Gasteiger partial charge in [-0.2, -0.15) is 8.78 Å². The molecule has 1 unspecified atom stereocenters. The summed E-state index contributed by atoms with van der Waals surface area (Å²) in [6, 6.07) is 6.50. The van der Waals surface area contributed by atoms with Gasteiger partial charge in [0.25, 0.3) is 6.08 Å². The van der Waals surface area contributed by atoms with Crippen LogP contribution < -0.4 is 0 Å². The number of ether oxygens (including phenoxy) is 1. The summed E-state index contributed by atoms with van der Waals surface area (Å²) >= 11 is 0.